The Hall–Kier alpha value is -3.63. The molecule has 2 heterocycles. The molecular formula is C18H16F3N5O3. The predicted molar refractivity (Wildman–Crippen MR) is 95.7 cm³/mol. The summed E-state index contributed by atoms with van der Waals surface area (Å²) in [5.74, 6) is -1.71. The van der Waals surface area contributed by atoms with Crippen molar-refractivity contribution in [3.05, 3.63) is 59.5 Å². The number of benzene rings is 1. The normalized spacial score (nSPS) is 11.3. The van der Waals surface area contributed by atoms with Gasteiger partial charge in [0.25, 0.3) is 5.91 Å². The van der Waals surface area contributed by atoms with Crippen LogP contribution in [0.15, 0.2) is 42.6 Å². The van der Waals surface area contributed by atoms with Crippen LogP contribution in [0.3, 0.4) is 0 Å². The fourth-order valence-electron chi connectivity index (χ4n) is 2.61. The van der Waals surface area contributed by atoms with E-state index in [1.54, 1.807) is 37.3 Å². The first-order valence-electron chi connectivity index (χ1n) is 8.45. The van der Waals surface area contributed by atoms with Crippen molar-refractivity contribution in [2.75, 3.05) is 11.9 Å². The first kappa shape index (κ1) is 20.1. The summed E-state index contributed by atoms with van der Waals surface area (Å²) in [6, 6.07) is 9.20. The summed E-state index contributed by atoms with van der Waals surface area (Å²) in [7, 11) is 1.08. The number of para-hydroxylation sites is 1. The van der Waals surface area contributed by atoms with Crippen LogP contribution in [-0.2, 0) is 18.0 Å². The number of aryl methyl sites for hydroxylation is 1. The van der Waals surface area contributed by atoms with Gasteiger partial charge >= 0.3 is 12.1 Å². The summed E-state index contributed by atoms with van der Waals surface area (Å²) in [5, 5.41) is 10.1. The van der Waals surface area contributed by atoms with E-state index in [0.717, 1.165) is 7.05 Å². The van der Waals surface area contributed by atoms with Crippen molar-refractivity contribution in [1.29, 1.82) is 0 Å². The Morgan fingerprint density at radius 1 is 1.21 bits per heavy atom. The van der Waals surface area contributed by atoms with Crippen LogP contribution in [0.5, 0.6) is 0 Å². The number of nitrogens with zero attached hydrogens (tertiary/aromatic N) is 4. The molecule has 0 aliphatic heterocycles. The number of carbonyl (C=O) groups excluding carboxylic acids is 2. The highest BCUT2D eigenvalue weighted by atomic mass is 19.4. The molecule has 8 nitrogen and oxygen atoms in total. The van der Waals surface area contributed by atoms with Crippen LogP contribution in [0.2, 0.25) is 0 Å². The van der Waals surface area contributed by atoms with E-state index >= 15 is 0 Å². The van der Waals surface area contributed by atoms with Crippen LogP contribution in [0.1, 0.15) is 33.5 Å². The van der Waals surface area contributed by atoms with E-state index in [9.17, 15) is 22.8 Å². The SMILES string of the molecule is CCOC(=O)c1cnn(-c2ccccc2)c1NC(=O)c1cc(C(F)(F)F)n(C)n1. The molecule has 1 N–H and O–H groups in total. The van der Waals surface area contributed by atoms with Crippen molar-refractivity contribution in [3.63, 3.8) is 0 Å². The molecule has 1 aromatic carbocycles. The third-order valence-electron chi connectivity index (χ3n) is 3.90. The maximum Gasteiger partial charge on any atom is 0.433 e. The van der Waals surface area contributed by atoms with Gasteiger partial charge in [0.2, 0.25) is 0 Å². The van der Waals surface area contributed by atoms with Gasteiger partial charge in [0.1, 0.15) is 11.3 Å². The summed E-state index contributed by atoms with van der Waals surface area (Å²) in [5.41, 5.74) is -1.06. The molecule has 3 aromatic rings. The number of carbonyl (C=O) groups is 2. The van der Waals surface area contributed by atoms with E-state index in [1.165, 1.54) is 10.9 Å². The van der Waals surface area contributed by atoms with Crippen molar-refractivity contribution in [1.82, 2.24) is 19.6 Å². The van der Waals surface area contributed by atoms with Crippen LogP contribution >= 0.6 is 0 Å². The second kappa shape index (κ2) is 7.78. The fraction of sp³-hybridized carbons (Fsp3) is 0.222. The summed E-state index contributed by atoms with van der Waals surface area (Å²) in [6.45, 7) is 1.71. The lowest BCUT2D eigenvalue weighted by Gasteiger charge is -2.10. The molecular weight excluding hydrogens is 391 g/mol. The van der Waals surface area contributed by atoms with Crippen LogP contribution in [0.25, 0.3) is 5.69 Å². The molecule has 2 aromatic heterocycles. The molecule has 0 spiro atoms. The first-order valence-corrected chi connectivity index (χ1v) is 8.45. The van der Waals surface area contributed by atoms with Crippen molar-refractivity contribution in [3.8, 4) is 5.69 Å². The van der Waals surface area contributed by atoms with Crippen LogP contribution in [0, 0.1) is 0 Å². The molecule has 152 valence electrons. The van der Waals surface area contributed by atoms with E-state index in [1.807, 2.05) is 0 Å². The summed E-state index contributed by atoms with van der Waals surface area (Å²) < 4.78 is 45.7. The lowest BCUT2D eigenvalue weighted by atomic mass is 10.3. The van der Waals surface area contributed by atoms with E-state index in [2.05, 4.69) is 15.5 Å². The minimum absolute atomic E-state index is 0.0427. The highest BCUT2D eigenvalue weighted by Gasteiger charge is 2.36. The number of amides is 1. The molecule has 11 heteroatoms. The molecule has 0 unspecified atom stereocenters. The number of aromatic nitrogens is 4. The Morgan fingerprint density at radius 2 is 1.90 bits per heavy atom. The van der Waals surface area contributed by atoms with Crippen molar-refractivity contribution >= 4 is 17.7 Å². The molecule has 29 heavy (non-hydrogen) atoms. The second-order valence-corrected chi connectivity index (χ2v) is 5.86. The van der Waals surface area contributed by atoms with Crippen LogP contribution in [-0.4, -0.2) is 38.0 Å². The fourth-order valence-corrected chi connectivity index (χ4v) is 2.61. The van der Waals surface area contributed by atoms with Gasteiger partial charge in [0.15, 0.2) is 11.5 Å². The summed E-state index contributed by atoms with van der Waals surface area (Å²) in [6.07, 6.45) is -3.46. The monoisotopic (exact) mass is 407 g/mol. The molecule has 0 atom stereocenters. The van der Waals surface area contributed by atoms with Gasteiger partial charge in [0.05, 0.1) is 18.5 Å². The zero-order valence-corrected chi connectivity index (χ0v) is 15.4. The zero-order valence-electron chi connectivity index (χ0n) is 15.4. The number of halogens is 3. The van der Waals surface area contributed by atoms with Gasteiger partial charge in [-0.05, 0) is 19.1 Å². The second-order valence-electron chi connectivity index (χ2n) is 5.86. The maximum atomic E-state index is 13.0. The molecule has 1 amide bonds. The number of hydrogen-bond donors (Lipinski definition) is 1. The van der Waals surface area contributed by atoms with Gasteiger partial charge in [0, 0.05) is 13.1 Å². The smallest absolute Gasteiger partial charge is 0.433 e. The Bertz CT molecular complexity index is 1040. The predicted octanol–water partition coefficient (Wildman–Crippen LogP) is 3.05. The van der Waals surface area contributed by atoms with E-state index < -0.39 is 29.4 Å². The molecule has 0 saturated carbocycles. The minimum atomic E-state index is -4.66. The highest BCUT2D eigenvalue weighted by molar-refractivity contribution is 6.06. The molecule has 0 saturated heterocycles. The molecule has 0 bridgehead atoms. The standard InChI is InChI=1S/C18H16F3N5O3/c1-3-29-17(28)12-10-22-26(11-7-5-4-6-8-11)15(12)23-16(27)13-9-14(18(19,20)21)25(2)24-13/h4-10H,3H2,1-2H3,(H,23,27). The maximum absolute atomic E-state index is 13.0. The first-order chi connectivity index (χ1) is 13.7. The summed E-state index contributed by atoms with van der Waals surface area (Å²) >= 11 is 0. The van der Waals surface area contributed by atoms with Gasteiger partial charge < -0.3 is 10.1 Å². The quantitative estimate of drug-likeness (QED) is 0.657. The number of esters is 1. The lowest BCUT2D eigenvalue weighted by Crippen LogP contribution is -2.18. The Morgan fingerprint density at radius 3 is 2.48 bits per heavy atom. The number of nitrogens with one attached hydrogen (secondary N) is 1. The van der Waals surface area contributed by atoms with E-state index in [4.69, 9.17) is 4.74 Å². The topological polar surface area (TPSA) is 91.0 Å². The Kier molecular flexibility index (Phi) is 5.39. The average Bonchev–Trinajstić information content (AvgIpc) is 3.26. The largest absolute Gasteiger partial charge is 0.462 e. The van der Waals surface area contributed by atoms with Gasteiger partial charge in [-0.15, -0.1) is 0 Å². The van der Waals surface area contributed by atoms with Gasteiger partial charge in [-0.3, -0.25) is 9.48 Å². The third kappa shape index (κ3) is 4.13. The van der Waals surface area contributed by atoms with Gasteiger partial charge in [-0.1, -0.05) is 18.2 Å². The molecule has 0 aliphatic carbocycles. The zero-order chi connectivity index (χ0) is 21.2. The molecule has 0 aliphatic rings. The van der Waals surface area contributed by atoms with Crippen LogP contribution in [0.4, 0.5) is 19.0 Å². The summed E-state index contributed by atoms with van der Waals surface area (Å²) in [4.78, 5) is 24.8. The number of hydrogen-bond acceptors (Lipinski definition) is 5. The van der Waals surface area contributed by atoms with E-state index in [-0.39, 0.29) is 18.0 Å². The van der Waals surface area contributed by atoms with Crippen molar-refractivity contribution in [2.45, 2.75) is 13.1 Å². The lowest BCUT2D eigenvalue weighted by molar-refractivity contribution is -0.143. The third-order valence-corrected chi connectivity index (χ3v) is 3.90. The Labute approximate surface area is 162 Å². The van der Waals surface area contributed by atoms with Crippen molar-refractivity contribution in [2.24, 2.45) is 7.05 Å². The minimum Gasteiger partial charge on any atom is -0.462 e. The number of alkyl halides is 3. The highest BCUT2D eigenvalue weighted by Crippen LogP contribution is 2.29. The molecule has 3 rings (SSSR count). The molecule has 0 fully saturated rings. The van der Waals surface area contributed by atoms with Crippen molar-refractivity contribution < 1.29 is 27.5 Å². The number of rotatable bonds is 5. The number of anilines is 1. The molecule has 0 radical (unpaired) electrons. The van der Waals surface area contributed by atoms with Crippen LogP contribution < -0.4 is 5.32 Å². The number of ether oxygens (including phenoxy) is 1. The van der Waals surface area contributed by atoms with Gasteiger partial charge in [-0.2, -0.15) is 23.4 Å². The van der Waals surface area contributed by atoms with E-state index in [0.29, 0.717) is 16.4 Å². The Balaban J connectivity index is 2.00. The van der Waals surface area contributed by atoms with Gasteiger partial charge in [-0.25, -0.2) is 9.48 Å². The average molecular weight is 407 g/mol.